The van der Waals surface area contributed by atoms with E-state index in [9.17, 15) is 9.18 Å². The summed E-state index contributed by atoms with van der Waals surface area (Å²) in [6, 6.07) is 7.31. The zero-order valence-corrected chi connectivity index (χ0v) is 15.8. The Morgan fingerprint density at radius 1 is 1.19 bits per heavy atom. The fourth-order valence-electron chi connectivity index (χ4n) is 2.30. The number of amides is 1. The summed E-state index contributed by atoms with van der Waals surface area (Å²) in [7, 11) is 0. The second kappa shape index (κ2) is 8.13. The normalized spacial score (nSPS) is 10.7. The number of aryl methyl sites for hydroxylation is 1. The van der Waals surface area contributed by atoms with Crippen LogP contribution < -0.4 is 14.8 Å². The van der Waals surface area contributed by atoms with Crippen molar-refractivity contribution in [1.29, 1.82) is 0 Å². The first kappa shape index (κ1) is 18.8. The first-order chi connectivity index (χ1) is 12.9. The molecule has 0 aliphatic rings. The minimum atomic E-state index is -0.415. The van der Waals surface area contributed by atoms with Crippen molar-refractivity contribution in [3.05, 3.63) is 58.9 Å². The predicted molar refractivity (Wildman–Crippen MR) is 101 cm³/mol. The van der Waals surface area contributed by atoms with Gasteiger partial charge < -0.3 is 9.47 Å². The molecule has 6 nitrogen and oxygen atoms in total. The molecule has 2 heterocycles. The van der Waals surface area contributed by atoms with Crippen molar-refractivity contribution in [2.24, 2.45) is 0 Å². The van der Waals surface area contributed by atoms with Crippen LogP contribution in [-0.2, 0) is 0 Å². The van der Waals surface area contributed by atoms with Crippen molar-refractivity contribution < 1.29 is 18.7 Å². The average molecular weight is 387 g/mol. The first-order valence-electron chi connectivity index (χ1n) is 8.23. The molecule has 3 rings (SSSR count). The minimum absolute atomic E-state index is 0.127. The Morgan fingerprint density at radius 2 is 1.96 bits per heavy atom. The molecule has 0 fully saturated rings. The van der Waals surface area contributed by atoms with Crippen LogP contribution in [0.5, 0.6) is 17.5 Å². The molecule has 140 valence electrons. The molecule has 0 aliphatic carbocycles. The van der Waals surface area contributed by atoms with E-state index in [0.29, 0.717) is 16.3 Å². The Kier molecular flexibility index (Phi) is 5.66. The molecule has 3 aromatic rings. The number of nitrogens with zero attached hydrogens (tertiary/aromatic N) is 2. The number of thiazole rings is 1. The lowest BCUT2D eigenvalue weighted by molar-refractivity contribution is 0.102. The lowest BCUT2D eigenvalue weighted by atomic mass is 10.2. The van der Waals surface area contributed by atoms with Gasteiger partial charge in [-0.1, -0.05) is 0 Å². The van der Waals surface area contributed by atoms with E-state index in [0.717, 1.165) is 0 Å². The van der Waals surface area contributed by atoms with E-state index in [1.807, 2.05) is 13.8 Å². The summed E-state index contributed by atoms with van der Waals surface area (Å²) in [5, 5.41) is 4.94. The molecule has 27 heavy (non-hydrogen) atoms. The highest BCUT2D eigenvalue weighted by Gasteiger charge is 2.14. The smallest absolute Gasteiger partial charge is 0.257 e. The number of ether oxygens (including phenoxy) is 2. The maximum atomic E-state index is 13.6. The average Bonchev–Trinajstić information content (AvgIpc) is 3.05. The number of benzene rings is 1. The first-order valence-corrected chi connectivity index (χ1v) is 9.11. The van der Waals surface area contributed by atoms with E-state index < -0.39 is 5.82 Å². The number of rotatable bonds is 6. The van der Waals surface area contributed by atoms with Gasteiger partial charge in [0, 0.05) is 29.8 Å². The maximum absolute atomic E-state index is 13.6. The molecule has 1 aromatic carbocycles. The van der Waals surface area contributed by atoms with Crippen LogP contribution in [0.4, 0.5) is 9.52 Å². The molecule has 2 aromatic heterocycles. The third-order valence-corrected chi connectivity index (χ3v) is 3.98. The summed E-state index contributed by atoms with van der Waals surface area (Å²) in [5.41, 5.74) is 1.00. The lowest BCUT2D eigenvalue weighted by Crippen LogP contribution is -2.14. The highest BCUT2D eigenvalue weighted by molar-refractivity contribution is 7.13. The molecular formula is C19H18FN3O3S. The van der Waals surface area contributed by atoms with Crippen molar-refractivity contribution in [3.63, 3.8) is 0 Å². The van der Waals surface area contributed by atoms with E-state index >= 15 is 0 Å². The van der Waals surface area contributed by atoms with Gasteiger partial charge in [-0.2, -0.15) is 4.98 Å². The van der Waals surface area contributed by atoms with E-state index in [1.165, 1.54) is 35.6 Å². The minimum Gasteiger partial charge on any atom is -0.475 e. The Morgan fingerprint density at radius 3 is 2.63 bits per heavy atom. The molecule has 8 heteroatoms. The van der Waals surface area contributed by atoms with Crippen molar-refractivity contribution in [2.75, 3.05) is 5.32 Å². The third kappa shape index (κ3) is 5.24. The van der Waals surface area contributed by atoms with Gasteiger partial charge in [-0.05, 0) is 38.5 Å². The largest absolute Gasteiger partial charge is 0.475 e. The van der Waals surface area contributed by atoms with Crippen molar-refractivity contribution in [1.82, 2.24) is 9.97 Å². The van der Waals surface area contributed by atoms with E-state index in [4.69, 9.17) is 9.47 Å². The van der Waals surface area contributed by atoms with Gasteiger partial charge in [-0.25, -0.2) is 9.37 Å². The van der Waals surface area contributed by atoms with Crippen LogP contribution in [0.2, 0.25) is 0 Å². The Labute approximate surface area is 160 Å². The standard InChI is InChI=1S/C19H18FN3O3S/c1-11(2)25-16-8-13(18(24)23-19-21-4-5-27-19)9-17(22-16)26-15-7-12(3)6-14(20)10-15/h4-11H,1-3H3,(H,21,23,24). The van der Waals surface area contributed by atoms with Crippen molar-refractivity contribution in [3.8, 4) is 17.5 Å². The molecule has 1 amide bonds. The van der Waals surface area contributed by atoms with Crippen molar-refractivity contribution >= 4 is 22.4 Å². The highest BCUT2D eigenvalue weighted by atomic mass is 32.1. The molecule has 0 unspecified atom stereocenters. The number of nitrogens with one attached hydrogen (secondary N) is 1. The van der Waals surface area contributed by atoms with Crippen LogP contribution in [-0.4, -0.2) is 22.0 Å². The van der Waals surface area contributed by atoms with Crippen LogP contribution in [0.25, 0.3) is 0 Å². The molecule has 0 atom stereocenters. The number of anilines is 1. The summed E-state index contributed by atoms with van der Waals surface area (Å²) < 4.78 is 24.9. The number of halogens is 1. The van der Waals surface area contributed by atoms with Crippen molar-refractivity contribution in [2.45, 2.75) is 26.9 Å². The highest BCUT2D eigenvalue weighted by Crippen LogP contribution is 2.26. The summed E-state index contributed by atoms with van der Waals surface area (Å²) in [5.74, 6) is -0.141. The molecule has 0 saturated carbocycles. The van der Waals surface area contributed by atoms with Crippen LogP contribution >= 0.6 is 11.3 Å². The van der Waals surface area contributed by atoms with Gasteiger partial charge >= 0.3 is 0 Å². The molecular weight excluding hydrogens is 369 g/mol. The van der Waals surface area contributed by atoms with E-state index in [1.54, 1.807) is 24.6 Å². The molecule has 0 saturated heterocycles. The van der Waals surface area contributed by atoms with E-state index in [2.05, 4.69) is 15.3 Å². The monoisotopic (exact) mass is 387 g/mol. The fourth-order valence-corrected chi connectivity index (χ4v) is 2.83. The van der Waals surface area contributed by atoms with Gasteiger partial charge in [0.25, 0.3) is 5.91 Å². The Bertz CT molecular complexity index is 925. The van der Waals surface area contributed by atoms with Crippen LogP contribution in [0.3, 0.4) is 0 Å². The second-order valence-corrected chi connectivity index (χ2v) is 6.95. The molecule has 0 spiro atoms. The Hall–Kier alpha value is -3.00. The van der Waals surface area contributed by atoms with Gasteiger partial charge in [-0.15, -0.1) is 11.3 Å². The van der Waals surface area contributed by atoms with Gasteiger partial charge in [0.05, 0.1) is 11.7 Å². The molecule has 0 aliphatic heterocycles. The third-order valence-electron chi connectivity index (χ3n) is 3.29. The summed E-state index contributed by atoms with van der Waals surface area (Å²) in [4.78, 5) is 20.8. The molecule has 0 radical (unpaired) electrons. The van der Waals surface area contributed by atoms with Crippen LogP contribution in [0.1, 0.15) is 29.8 Å². The second-order valence-electron chi connectivity index (χ2n) is 6.06. The molecule has 1 N–H and O–H groups in total. The number of hydrogen-bond acceptors (Lipinski definition) is 6. The quantitative estimate of drug-likeness (QED) is 0.657. The van der Waals surface area contributed by atoms with Gasteiger partial charge in [0.2, 0.25) is 11.8 Å². The summed E-state index contributed by atoms with van der Waals surface area (Å²) in [6.07, 6.45) is 1.46. The van der Waals surface area contributed by atoms with E-state index in [-0.39, 0.29) is 29.5 Å². The zero-order valence-electron chi connectivity index (χ0n) is 15.0. The van der Waals surface area contributed by atoms with Crippen LogP contribution in [0.15, 0.2) is 41.9 Å². The predicted octanol–water partition coefficient (Wildman–Crippen LogP) is 4.82. The topological polar surface area (TPSA) is 73.3 Å². The SMILES string of the molecule is Cc1cc(F)cc(Oc2cc(C(=O)Nc3nccs3)cc(OC(C)C)n2)c1. The zero-order chi connectivity index (χ0) is 19.4. The number of aromatic nitrogens is 2. The number of pyridine rings is 1. The number of carbonyl (C=O) groups excluding carboxylic acids is 1. The fraction of sp³-hybridized carbons (Fsp3) is 0.211. The number of carbonyl (C=O) groups is 1. The number of hydrogen-bond donors (Lipinski definition) is 1. The Balaban J connectivity index is 1.91. The van der Waals surface area contributed by atoms with Crippen LogP contribution in [0, 0.1) is 12.7 Å². The maximum Gasteiger partial charge on any atom is 0.257 e. The van der Waals surface area contributed by atoms with Gasteiger partial charge in [0.1, 0.15) is 11.6 Å². The summed E-state index contributed by atoms with van der Waals surface area (Å²) in [6.45, 7) is 5.45. The lowest BCUT2D eigenvalue weighted by Gasteiger charge is -2.13. The van der Waals surface area contributed by atoms with Gasteiger partial charge in [0.15, 0.2) is 5.13 Å². The van der Waals surface area contributed by atoms with Gasteiger partial charge in [-0.3, -0.25) is 10.1 Å². The molecule has 0 bridgehead atoms. The summed E-state index contributed by atoms with van der Waals surface area (Å²) >= 11 is 1.31.